The molecule has 2 aliphatic heterocycles. The quantitative estimate of drug-likeness (QED) is 0.777. The smallest absolute Gasteiger partial charge is 0.336 e. The van der Waals surface area contributed by atoms with Gasteiger partial charge < -0.3 is 10.2 Å². The number of hydrogen-bond acceptors (Lipinski definition) is 5. The molecule has 0 spiro atoms. The van der Waals surface area contributed by atoms with Crippen LogP contribution < -0.4 is 5.32 Å². The Labute approximate surface area is 149 Å². The molecule has 1 aromatic heterocycles. The number of piperazine rings is 1. The zero-order valence-electron chi connectivity index (χ0n) is 13.9. The van der Waals surface area contributed by atoms with Gasteiger partial charge in [0.25, 0.3) is 0 Å². The molecule has 0 aliphatic carbocycles. The standard InChI is InChI=1S/C14H20F3N5O3S/c15-14(16,17)10-20-9-12(6-19-20)26(24,25)21-4-1-2-11(8-21)22-5-3-18-7-13(22)23/h6,9,11,18H,1-5,7-8,10H2. The molecule has 1 N–H and O–H groups in total. The van der Waals surface area contributed by atoms with E-state index in [9.17, 15) is 26.4 Å². The topological polar surface area (TPSA) is 87.5 Å². The van der Waals surface area contributed by atoms with Gasteiger partial charge in [0.15, 0.2) is 0 Å². The van der Waals surface area contributed by atoms with Gasteiger partial charge in [-0.2, -0.15) is 22.6 Å². The molecule has 1 atom stereocenters. The number of sulfonamides is 1. The first-order valence-corrected chi connectivity index (χ1v) is 9.70. The van der Waals surface area contributed by atoms with Crippen LogP contribution in [0.2, 0.25) is 0 Å². The number of piperidine rings is 1. The van der Waals surface area contributed by atoms with E-state index in [4.69, 9.17) is 0 Å². The van der Waals surface area contributed by atoms with Crippen molar-refractivity contribution in [3.63, 3.8) is 0 Å². The van der Waals surface area contributed by atoms with Crippen molar-refractivity contribution in [2.75, 3.05) is 32.7 Å². The van der Waals surface area contributed by atoms with Crippen LogP contribution in [0.3, 0.4) is 0 Å². The summed E-state index contributed by atoms with van der Waals surface area (Å²) in [6.45, 7) is 0.454. The fraction of sp³-hybridized carbons (Fsp3) is 0.714. The number of hydrogen-bond donors (Lipinski definition) is 1. The van der Waals surface area contributed by atoms with Crippen molar-refractivity contribution in [2.24, 2.45) is 0 Å². The van der Waals surface area contributed by atoms with E-state index in [1.807, 2.05) is 0 Å². The Bertz CT molecular complexity index is 764. The maximum Gasteiger partial charge on any atom is 0.408 e. The first-order chi connectivity index (χ1) is 12.2. The second-order valence-corrected chi connectivity index (χ2v) is 8.35. The molecule has 26 heavy (non-hydrogen) atoms. The van der Waals surface area contributed by atoms with Crippen LogP contribution in [-0.2, 0) is 21.4 Å². The van der Waals surface area contributed by atoms with Crippen LogP contribution in [0.5, 0.6) is 0 Å². The van der Waals surface area contributed by atoms with Gasteiger partial charge in [0.1, 0.15) is 11.4 Å². The average molecular weight is 395 g/mol. The molecule has 2 saturated heterocycles. The predicted octanol–water partition coefficient (Wildman–Crippen LogP) is 0.0303. The molecular formula is C14H20F3N5O3S. The third-order valence-corrected chi connectivity index (χ3v) is 6.33. The van der Waals surface area contributed by atoms with E-state index in [0.29, 0.717) is 30.6 Å². The zero-order chi connectivity index (χ0) is 18.9. The highest BCUT2D eigenvalue weighted by Gasteiger charge is 2.36. The maximum absolute atomic E-state index is 12.8. The lowest BCUT2D eigenvalue weighted by Gasteiger charge is -2.40. The van der Waals surface area contributed by atoms with E-state index in [-0.39, 0.29) is 36.5 Å². The number of rotatable bonds is 4. The minimum Gasteiger partial charge on any atom is -0.336 e. The molecule has 3 heterocycles. The molecule has 3 rings (SSSR count). The van der Waals surface area contributed by atoms with Crippen molar-refractivity contribution in [3.05, 3.63) is 12.4 Å². The van der Waals surface area contributed by atoms with E-state index >= 15 is 0 Å². The van der Waals surface area contributed by atoms with Gasteiger partial charge in [-0.3, -0.25) is 9.48 Å². The van der Waals surface area contributed by atoms with E-state index < -0.39 is 22.7 Å². The van der Waals surface area contributed by atoms with Crippen LogP contribution in [0.1, 0.15) is 12.8 Å². The number of nitrogens with zero attached hydrogens (tertiary/aromatic N) is 4. The van der Waals surface area contributed by atoms with Crippen molar-refractivity contribution in [1.29, 1.82) is 0 Å². The fourth-order valence-corrected chi connectivity index (χ4v) is 4.77. The number of aromatic nitrogens is 2. The summed E-state index contributed by atoms with van der Waals surface area (Å²) in [5, 5.41) is 6.47. The van der Waals surface area contributed by atoms with Crippen molar-refractivity contribution < 1.29 is 26.4 Å². The summed E-state index contributed by atoms with van der Waals surface area (Å²) in [6.07, 6.45) is -1.38. The van der Waals surface area contributed by atoms with Crippen molar-refractivity contribution in [1.82, 2.24) is 24.3 Å². The summed E-state index contributed by atoms with van der Waals surface area (Å²) >= 11 is 0. The van der Waals surface area contributed by atoms with Crippen LogP contribution in [0.25, 0.3) is 0 Å². The van der Waals surface area contributed by atoms with Crippen LogP contribution in [-0.4, -0.2) is 78.3 Å². The van der Waals surface area contributed by atoms with Gasteiger partial charge in [0.05, 0.1) is 12.7 Å². The molecule has 1 aromatic rings. The molecule has 2 aliphatic rings. The van der Waals surface area contributed by atoms with Gasteiger partial charge in [-0.25, -0.2) is 8.42 Å². The minimum atomic E-state index is -4.48. The Morgan fingerprint density at radius 1 is 1.31 bits per heavy atom. The fourth-order valence-electron chi connectivity index (χ4n) is 3.30. The predicted molar refractivity (Wildman–Crippen MR) is 84.6 cm³/mol. The number of nitrogens with one attached hydrogen (secondary N) is 1. The van der Waals surface area contributed by atoms with Gasteiger partial charge >= 0.3 is 6.18 Å². The van der Waals surface area contributed by atoms with Crippen LogP contribution in [0.4, 0.5) is 13.2 Å². The van der Waals surface area contributed by atoms with Gasteiger partial charge in [-0.05, 0) is 12.8 Å². The molecule has 1 unspecified atom stereocenters. The summed E-state index contributed by atoms with van der Waals surface area (Å²) in [6, 6.07) is -0.224. The van der Waals surface area contributed by atoms with E-state index in [0.717, 1.165) is 12.4 Å². The van der Waals surface area contributed by atoms with Gasteiger partial charge in [-0.15, -0.1) is 0 Å². The number of amides is 1. The van der Waals surface area contributed by atoms with Crippen LogP contribution >= 0.6 is 0 Å². The summed E-state index contributed by atoms with van der Waals surface area (Å²) < 4.78 is 64.6. The summed E-state index contributed by atoms with van der Waals surface area (Å²) in [5.74, 6) is -0.0708. The SMILES string of the molecule is O=C1CNCCN1C1CCCN(S(=O)(=O)c2cnn(CC(F)(F)F)c2)C1. The molecule has 146 valence electrons. The molecule has 0 bridgehead atoms. The number of alkyl halides is 3. The number of carbonyl (C=O) groups is 1. The third-order valence-electron chi connectivity index (χ3n) is 4.51. The molecule has 12 heteroatoms. The van der Waals surface area contributed by atoms with Gasteiger partial charge in [0.2, 0.25) is 15.9 Å². The first kappa shape index (κ1) is 19.1. The Kier molecular flexibility index (Phi) is 5.26. The minimum absolute atomic E-state index is 0.0708. The van der Waals surface area contributed by atoms with Crippen LogP contribution in [0, 0.1) is 0 Å². The second kappa shape index (κ2) is 7.16. The molecule has 8 nitrogen and oxygen atoms in total. The first-order valence-electron chi connectivity index (χ1n) is 8.26. The van der Waals surface area contributed by atoms with Crippen molar-refractivity contribution in [2.45, 2.75) is 36.5 Å². The summed E-state index contributed by atoms with van der Waals surface area (Å²) in [5.41, 5.74) is 0. The monoisotopic (exact) mass is 395 g/mol. The average Bonchev–Trinajstić information content (AvgIpc) is 3.03. The van der Waals surface area contributed by atoms with Gasteiger partial charge in [0, 0.05) is 38.4 Å². The molecule has 0 radical (unpaired) electrons. The van der Waals surface area contributed by atoms with E-state index in [1.165, 1.54) is 4.31 Å². The van der Waals surface area contributed by atoms with Crippen LogP contribution in [0.15, 0.2) is 17.3 Å². The van der Waals surface area contributed by atoms with Crippen molar-refractivity contribution >= 4 is 15.9 Å². The lowest BCUT2D eigenvalue weighted by atomic mass is 10.1. The molecule has 2 fully saturated rings. The highest BCUT2D eigenvalue weighted by atomic mass is 32.2. The van der Waals surface area contributed by atoms with E-state index in [2.05, 4.69) is 10.4 Å². The van der Waals surface area contributed by atoms with E-state index in [1.54, 1.807) is 4.90 Å². The highest BCUT2D eigenvalue weighted by Crippen LogP contribution is 2.24. The lowest BCUT2D eigenvalue weighted by molar-refractivity contribution is -0.142. The Morgan fingerprint density at radius 3 is 2.77 bits per heavy atom. The third kappa shape index (κ3) is 4.18. The molecular weight excluding hydrogens is 375 g/mol. The number of carbonyl (C=O) groups excluding carboxylic acids is 1. The Hall–Kier alpha value is -1.66. The largest absolute Gasteiger partial charge is 0.408 e. The molecule has 1 amide bonds. The second-order valence-electron chi connectivity index (χ2n) is 6.41. The Morgan fingerprint density at radius 2 is 2.08 bits per heavy atom. The lowest BCUT2D eigenvalue weighted by Crippen LogP contribution is -2.57. The molecule has 0 aromatic carbocycles. The normalized spacial score (nSPS) is 23.4. The molecule has 0 saturated carbocycles. The summed E-state index contributed by atoms with van der Waals surface area (Å²) in [4.78, 5) is 13.4. The highest BCUT2D eigenvalue weighted by molar-refractivity contribution is 7.89. The Balaban J connectivity index is 1.73. The number of halogens is 3. The van der Waals surface area contributed by atoms with Crippen molar-refractivity contribution in [3.8, 4) is 0 Å². The van der Waals surface area contributed by atoms with Gasteiger partial charge in [-0.1, -0.05) is 0 Å². The zero-order valence-corrected chi connectivity index (χ0v) is 14.8. The summed E-state index contributed by atoms with van der Waals surface area (Å²) in [7, 11) is -3.96. The maximum atomic E-state index is 12.8.